The van der Waals surface area contributed by atoms with Crippen molar-refractivity contribution in [2.24, 2.45) is 0 Å². The molecule has 2 atom stereocenters. The maximum atomic E-state index is 12.3. The highest BCUT2D eigenvalue weighted by atomic mass is 16.2. The first-order valence-electron chi connectivity index (χ1n) is 9.29. The Labute approximate surface area is 164 Å². The molecule has 2 heterocycles. The summed E-state index contributed by atoms with van der Waals surface area (Å²) in [7, 11) is 0. The Hall–Kier alpha value is -3.40. The Bertz CT molecular complexity index is 933. The van der Waals surface area contributed by atoms with Crippen LogP contribution in [0.5, 0.6) is 0 Å². The summed E-state index contributed by atoms with van der Waals surface area (Å²) in [4.78, 5) is 30.6. The fraction of sp³-hybridized carbons (Fsp3) is 0.333. The van der Waals surface area contributed by atoms with Crippen molar-refractivity contribution in [2.45, 2.75) is 39.3 Å². The fourth-order valence-electron chi connectivity index (χ4n) is 3.61. The summed E-state index contributed by atoms with van der Waals surface area (Å²) in [6, 6.07) is 10.8. The van der Waals surface area contributed by atoms with Crippen molar-refractivity contribution >= 4 is 23.3 Å². The van der Waals surface area contributed by atoms with Crippen molar-refractivity contribution in [3.63, 3.8) is 0 Å². The number of rotatable bonds is 4. The smallest absolute Gasteiger partial charge is 0.251 e. The van der Waals surface area contributed by atoms with Crippen molar-refractivity contribution in [1.82, 2.24) is 10.3 Å². The first kappa shape index (κ1) is 19.4. The Balaban J connectivity index is 2.00. The first-order chi connectivity index (χ1) is 13.4. The van der Waals surface area contributed by atoms with E-state index in [4.69, 9.17) is 5.26 Å². The van der Waals surface area contributed by atoms with Crippen LogP contribution >= 0.6 is 0 Å². The lowest BCUT2D eigenvalue weighted by molar-refractivity contribution is -0.117. The van der Waals surface area contributed by atoms with E-state index in [0.717, 1.165) is 11.3 Å². The molecule has 1 aromatic heterocycles. The maximum absolute atomic E-state index is 12.3. The molecule has 1 aromatic carbocycles. The lowest BCUT2D eigenvalue weighted by Gasteiger charge is -2.39. The zero-order chi connectivity index (χ0) is 20.3. The second-order valence-corrected chi connectivity index (χ2v) is 6.85. The molecule has 7 heteroatoms. The predicted molar refractivity (Wildman–Crippen MR) is 107 cm³/mol. The number of pyridine rings is 1. The number of hydrogen-bond donors (Lipinski definition) is 2. The summed E-state index contributed by atoms with van der Waals surface area (Å²) in [6.07, 6.45) is 2.19. The van der Waals surface area contributed by atoms with Crippen LogP contribution in [0.2, 0.25) is 0 Å². The van der Waals surface area contributed by atoms with Gasteiger partial charge in [-0.3, -0.25) is 9.59 Å². The third-order valence-electron chi connectivity index (χ3n) is 4.83. The van der Waals surface area contributed by atoms with Crippen LogP contribution in [0, 0.1) is 11.3 Å². The average molecular weight is 377 g/mol. The van der Waals surface area contributed by atoms with Crippen molar-refractivity contribution in [3.8, 4) is 6.07 Å². The number of nitriles is 1. The van der Waals surface area contributed by atoms with Crippen LogP contribution in [0.3, 0.4) is 0 Å². The molecule has 144 valence electrons. The molecule has 1 aliphatic rings. The number of amides is 2. The van der Waals surface area contributed by atoms with Gasteiger partial charge in [-0.15, -0.1) is 0 Å². The van der Waals surface area contributed by atoms with Crippen LogP contribution in [0.25, 0.3) is 0 Å². The number of carbonyl (C=O) groups excluding carboxylic acids is 2. The van der Waals surface area contributed by atoms with Gasteiger partial charge in [0.2, 0.25) is 5.91 Å². The van der Waals surface area contributed by atoms with Gasteiger partial charge in [0, 0.05) is 37.0 Å². The van der Waals surface area contributed by atoms with E-state index in [1.54, 1.807) is 30.0 Å². The van der Waals surface area contributed by atoms with Gasteiger partial charge in [0.1, 0.15) is 11.9 Å². The average Bonchev–Trinajstić information content (AvgIpc) is 2.68. The maximum Gasteiger partial charge on any atom is 0.251 e. The van der Waals surface area contributed by atoms with E-state index in [0.29, 0.717) is 29.9 Å². The summed E-state index contributed by atoms with van der Waals surface area (Å²) < 4.78 is 0. The normalized spacial score (nSPS) is 18.0. The fourth-order valence-corrected chi connectivity index (χ4v) is 3.61. The van der Waals surface area contributed by atoms with Gasteiger partial charge in [-0.05, 0) is 56.2 Å². The van der Waals surface area contributed by atoms with Gasteiger partial charge < -0.3 is 15.5 Å². The molecule has 2 N–H and O–H groups in total. The summed E-state index contributed by atoms with van der Waals surface area (Å²) in [6.45, 7) is 5.97. The minimum atomic E-state index is -0.145. The van der Waals surface area contributed by atoms with E-state index < -0.39 is 0 Å². The second-order valence-electron chi connectivity index (χ2n) is 6.85. The lowest BCUT2D eigenvalue weighted by atomic mass is 9.90. The van der Waals surface area contributed by atoms with Crippen LogP contribution in [0.4, 0.5) is 11.5 Å². The van der Waals surface area contributed by atoms with Gasteiger partial charge in [-0.25, -0.2) is 4.98 Å². The minimum absolute atomic E-state index is 0.00352. The topological polar surface area (TPSA) is 98.1 Å². The molecule has 0 unspecified atom stereocenters. The molecule has 0 saturated heterocycles. The molecule has 1 aliphatic heterocycles. The molecule has 2 aromatic rings. The van der Waals surface area contributed by atoms with Gasteiger partial charge in [0.25, 0.3) is 5.91 Å². The minimum Gasteiger partial charge on any atom is -0.363 e. The molecule has 2 amide bonds. The van der Waals surface area contributed by atoms with Crippen LogP contribution in [-0.4, -0.2) is 29.4 Å². The molecule has 0 aliphatic carbocycles. The van der Waals surface area contributed by atoms with Gasteiger partial charge in [0.05, 0.1) is 11.6 Å². The third-order valence-corrected chi connectivity index (χ3v) is 4.83. The number of benzene rings is 1. The number of nitrogens with zero attached hydrogens (tertiary/aromatic N) is 3. The summed E-state index contributed by atoms with van der Waals surface area (Å²) >= 11 is 0. The zero-order valence-electron chi connectivity index (χ0n) is 16.2. The van der Waals surface area contributed by atoms with Gasteiger partial charge in [-0.2, -0.15) is 5.26 Å². The standard InChI is InChI=1S/C21H23N5O2/c1-4-23-21(28)16-6-7-19-17(10-16)18(9-13(2)26(19)14(3)27)25-20-8-5-15(11-22)12-24-20/h5-8,10,12-13,18H,4,9H2,1-3H3,(H,23,28)(H,24,25)/t13-,18+/m0/s1. The van der Waals surface area contributed by atoms with Crippen molar-refractivity contribution < 1.29 is 9.59 Å². The van der Waals surface area contributed by atoms with Crippen molar-refractivity contribution in [1.29, 1.82) is 5.26 Å². The molecule has 0 fully saturated rings. The molecule has 3 rings (SSSR count). The molecule has 28 heavy (non-hydrogen) atoms. The largest absolute Gasteiger partial charge is 0.363 e. The number of anilines is 2. The molecule has 0 bridgehead atoms. The number of aromatic nitrogens is 1. The van der Waals surface area contributed by atoms with Gasteiger partial charge >= 0.3 is 0 Å². The summed E-state index contributed by atoms with van der Waals surface area (Å²) in [5.41, 5.74) is 2.72. The Morgan fingerprint density at radius 1 is 1.32 bits per heavy atom. The number of carbonyl (C=O) groups is 2. The van der Waals surface area contributed by atoms with Crippen LogP contribution < -0.4 is 15.5 Å². The SMILES string of the molecule is CCNC(=O)c1ccc2c(c1)[C@H](Nc1ccc(C#N)cn1)C[C@H](C)N2C(C)=O. The zero-order valence-corrected chi connectivity index (χ0v) is 16.2. The van der Waals surface area contributed by atoms with E-state index in [1.807, 2.05) is 26.0 Å². The highest BCUT2D eigenvalue weighted by Crippen LogP contribution is 2.39. The highest BCUT2D eigenvalue weighted by Gasteiger charge is 2.33. The Kier molecular flexibility index (Phi) is 5.59. The van der Waals surface area contributed by atoms with Gasteiger partial charge in [0.15, 0.2) is 0 Å². The molecular formula is C21H23N5O2. The predicted octanol–water partition coefficient (Wildman–Crippen LogP) is 3.00. The summed E-state index contributed by atoms with van der Waals surface area (Å²) in [5.74, 6) is 0.463. The summed E-state index contributed by atoms with van der Waals surface area (Å²) in [5, 5.41) is 15.1. The quantitative estimate of drug-likeness (QED) is 0.853. The number of fused-ring (bicyclic) bond motifs is 1. The van der Waals surface area contributed by atoms with Crippen molar-refractivity contribution in [2.75, 3.05) is 16.8 Å². The second kappa shape index (κ2) is 8.09. The van der Waals surface area contributed by atoms with E-state index in [9.17, 15) is 9.59 Å². The number of hydrogen-bond acceptors (Lipinski definition) is 5. The van der Waals surface area contributed by atoms with Crippen LogP contribution in [-0.2, 0) is 4.79 Å². The Morgan fingerprint density at radius 2 is 2.11 bits per heavy atom. The molecule has 7 nitrogen and oxygen atoms in total. The third kappa shape index (κ3) is 3.81. The number of nitrogens with one attached hydrogen (secondary N) is 2. The Morgan fingerprint density at radius 3 is 2.71 bits per heavy atom. The van der Waals surface area contributed by atoms with Crippen LogP contribution in [0.1, 0.15) is 54.7 Å². The lowest BCUT2D eigenvalue weighted by Crippen LogP contribution is -2.43. The van der Waals surface area contributed by atoms with E-state index in [-0.39, 0.29) is 23.9 Å². The van der Waals surface area contributed by atoms with Crippen LogP contribution in [0.15, 0.2) is 36.5 Å². The molecule has 0 spiro atoms. The van der Waals surface area contributed by atoms with E-state index >= 15 is 0 Å². The molecule has 0 radical (unpaired) electrons. The van der Waals surface area contributed by atoms with Gasteiger partial charge in [-0.1, -0.05) is 0 Å². The van der Waals surface area contributed by atoms with E-state index in [2.05, 4.69) is 21.7 Å². The first-order valence-corrected chi connectivity index (χ1v) is 9.29. The highest BCUT2D eigenvalue weighted by molar-refractivity contribution is 5.97. The molecular weight excluding hydrogens is 354 g/mol. The molecule has 0 saturated carbocycles. The van der Waals surface area contributed by atoms with Crippen molar-refractivity contribution in [3.05, 3.63) is 53.2 Å². The monoisotopic (exact) mass is 377 g/mol. The van der Waals surface area contributed by atoms with E-state index in [1.165, 1.54) is 6.20 Å².